The van der Waals surface area contributed by atoms with Crippen LogP contribution in [0.3, 0.4) is 0 Å². The zero-order valence-corrected chi connectivity index (χ0v) is 16.8. The highest BCUT2D eigenvalue weighted by molar-refractivity contribution is 6.42. The zero-order chi connectivity index (χ0) is 20.1. The van der Waals surface area contributed by atoms with E-state index >= 15 is 0 Å². The second kappa shape index (κ2) is 9.26. The van der Waals surface area contributed by atoms with E-state index in [1.807, 2.05) is 13.0 Å². The lowest BCUT2D eigenvalue weighted by Crippen LogP contribution is -2.43. The number of benzene rings is 2. The van der Waals surface area contributed by atoms with Gasteiger partial charge in [0.1, 0.15) is 5.82 Å². The first kappa shape index (κ1) is 20.4. The van der Waals surface area contributed by atoms with Crippen LogP contribution in [0, 0.1) is 5.82 Å². The van der Waals surface area contributed by atoms with Crippen molar-refractivity contribution in [1.29, 1.82) is 0 Å². The molecule has 0 saturated carbocycles. The van der Waals surface area contributed by atoms with Crippen LogP contribution in [0.5, 0.6) is 0 Å². The minimum Gasteiger partial charge on any atom is -0.390 e. The average molecular weight is 424 g/mol. The van der Waals surface area contributed by atoms with Gasteiger partial charge in [0.15, 0.2) is 6.10 Å². The normalized spacial score (nSPS) is 15.7. The highest BCUT2D eigenvalue weighted by Crippen LogP contribution is 2.26. The van der Waals surface area contributed by atoms with Crippen LogP contribution in [0.25, 0.3) is 0 Å². The lowest BCUT2D eigenvalue weighted by molar-refractivity contribution is 0.0590. The van der Waals surface area contributed by atoms with E-state index in [2.05, 4.69) is 10.5 Å². The first-order valence-corrected chi connectivity index (χ1v) is 9.67. The molecule has 2 amide bonds. The Morgan fingerprint density at radius 1 is 1.29 bits per heavy atom. The number of oxime groups is 1. The largest absolute Gasteiger partial charge is 0.390 e. The Labute approximate surface area is 173 Å². The quantitative estimate of drug-likeness (QED) is 0.721. The van der Waals surface area contributed by atoms with E-state index < -0.39 is 0 Å². The van der Waals surface area contributed by atoms with Gasteiger partial charge in [-0.25, -0.2) is 9.18 Å². The van der Waals surface area contributed by atoms with E-state index in [0.717, 1.165) is 11.3 Å². The first-order chi connectivity index (χ1) is 13.5. The van der Waals surface area contributed by atoms with E-state index in [1.165, 1.54) is 12.1 Å². The number of nitrogens with zero attached hydrogens (tertiary/aromatic N) is 2. The Bertz CT molecular complexity index is 892. The fourth-order valence-electron chi connectivity index (χ4n) is 2.96. The van der Waals surface area contributed by atoms with Gasteiger partial charge in [0, 0.05) is 25.1 Å². The van der Waals surface area contributed by atoms with Gasteiger partial charge >= 0.3 is 6.03 Å². The standard InChI is InChI=1S/C20H20Cl2FN3O2/c1-2-24-20(27)26(11-13-4-3-5-15(23)8-13)12-16-10-19(25-28-16)14-6-7-17(21)18(22)9-14/h3-9,16H,2,10-12H2,1H3,(H,24,27). The number of hydrogen-bond donors (Lipinski definition) is 1. The summed E-state index contributed by atoms with van der Waals surface area (Å²) in [6.07, 6.45) is 0.220. The van der Waals surface area contributed by atoms with Gasteiger partial charge < -0.3 is 15.1 Å². The Morgan fingerprint density at radius 3 is 2.82 bits per heavy atom. The first-order valence-electron chi connectivity index (χ1n) is 8.91. The maximum Gasteiger partial charge on any atom is 0.317 e. The number of carbonyl (C=O) groups excluding carboxylic acids is 1. The number of urea groups is 1. The second-order valence-electron chi connectivity index (χ2n) is 6.44. The molecule has 1 N–H and O–H groups in total. The Kier molecular flexibility index (Phi) is 6.75. The van der Waals surface area contributed by atoms with Crippen molar-refractivity contribution in [3.05, 3.63) is 69.5 Å². The van der Waals surface area contributed by atoms with Crippen LogP contribution in [-0.2, 0) is 11.4 Å². The van der Waals surface area contributed by atoms with Crippen molar-refractivity contribution in [2.75, 3.05) is 13.1 Å². The van der Waals surface area contributed by atoms with Crippen molar-refractivity contribution in [2.45, 2.75) is 26.0 Å². The maximum atomic E-state index is 13.5. The van der Waals surface area contributed by atoms with Crippen LogP contribution in [0.2, 0.25) is 10.0 Å². The van der Waals surface area contributed by atoms with Crippen LogP contribution < -0.4 is 5.32 Å². The monoisotopic (exact) mass is 423 g/mol. The molecule has 1 heterocycles. The topological polar surface area (TPSA) is 53.9 Å². The highest BCUT2D eigenvalue weighted by atomic mass is 35.5. The molecule has 0 aliphatic carbocycles. The molecule has 28 heavy (non-hydrogen) atoms. The SMILES string of the molecule is CCNC(=O)N(Cc1cccc(F)c1)CC1CC(c2ccc(Cl)c(Cl)c2)=NO1. The van der Waals surface area contributed by atoms with E-state index in [0.29, 0.717) is 35.1 Å². The number of hydrogen-bond acceptors (Lipinski definition) is 3. The van der Waals surface area contributed by atoms with Crippen LogP contribution >= 0.6 is 23.2 Å². The summed E-state index contributed by atoms with van der Waals surface area (Å²) in [4.78, 5) is 19.6. The number of halogens is 3. The summed E-state index contributed by atoms with van der Waals surface area (Å²) in [5.41, 5.74) is 2.27. The molecular weight excluding hydrogens is 404 g/mol. The Morgan fingerprint density at radius 2 is 2.11 bits per heavy atom. The van der Waals surface area contributed by atoms with Gasteiger partial charge in [0.25, 0.3) is 0 Å². The van der Waals surface area contributed by atoms with Crippen molar-refractivity contribution in [3.8, 4) is 0 Å². The third kappa shape index (κ3) is 5.14. The fourth-order valence-corrected chi connectivity index (χ4v) is 3.25. The minimum atomic E-state index is -0.337. The molecule has 0 saturated heterocycles. The summed E-state index contributed by atoms with van der Waals surface area (Å²) in [6.45, 7) is 2.92. The van der Waals surface area contributed by atoms with Gasteiger partial charge in [-0.15, -0.1) is 0 Å². The van der Waals surface area contributed by atoms with Gasteiger partial charge in [0.05, 0.1) is 22.3 Å². The lowest BCUT2D eigenvalue weighted by atomic mass is 10.0. The maximum absolute atomic E-state index is 13.5. The van der Waals surface area contributed by atoms with Gasteiger partial charge in [0.2, 0.25) is 0 Å². The molecule has 2 aromatic carbocycles. The third-order valence-corrected chi connectivity index (χ3v) is 5.03. The number of amides is 2. The van der Waals surface area contributed by atoms with Gasteiger partial charge in [-0.1, -0.05) is 46.6 Å². The van der Waals surface area contributed by atoms with Crippen LogP contribution in [-0.4, -0.2) is 35.8 Å². The van der Waals surface area contributed by atoms with Gasteiger partial charge in [-0.3, -0.25) is 0 Å². The predicted molar refractivity (Wildman–Crippen MR) is 108 cm³/mol. The molecule has 8 heteroatoms. The molecular formula is C20H20Cl2FN3O2. The Hall–Kier alpha value is -2.31. The van der Waals surface area contributed by atoms with E-state index in [1.54, 1.807) is 29.2 Å². The van der Waals surface area contributed by atoms with Crippen molar-refractivity contribution in [2.24, 2.45) is 5.16 Å². The smallest absolute Gasteiger partial charge is 0.317 e. The molecule has 1 unspecified atom stereocenters. The molecule has 1 aliphatic rings. The van der Waals surface area contributed by atoms with E-state index in [4.69, 9.17) is 28.0 Å². The third-order valence-electron chi connectivity index (χ3n) is 4.29. The minimum absolute atomic E-state index is 0.238. The molecule has 2 aromatic rings. The zero-order valence-electron chi connectivity index (χ0n) is 15.3. The van der Waals surface area contributed by atoms with E-state index in [9.17, 15) is 9.18 Å². The van der Waals surface area contributed by atoms with Crippen molar-refractivity contribution in [3.63, 3.8) is 0 Å². The van der Waals surface area contributed by atoms with E-state index in [-0.39, 0.29) is 24.5 Å². The summed E-state index contributed by atoms with van der Waals surface area (Å²) >= 11 is 12.0. The molecule has 5 nitrogen and oxygen atoms in total. The molecule has 3 rings (SSSR count). The molecule has 0 aromatic heterocycles. The van der Waals surface area contributed by atoms with Crippen LogP contribution in [0.15, 0.2) is 47.6 Å². The summed E-state index contributed by atoms with van der Waals surface area (Å²) in [6, 6.07) is 11.2. The van der Waals surface area contributed by atoms with Crippen molar-refractivity contribution < 1.29 is 14.0 Å². The summed E-state index contributed by atoms with van der Waals surface area (Å²) in [5.74, 6) is -0.337. The molecule has 148 valence electrons. The molecule has 0 bridgehead atoms. The molecule has 1 atom stereocenters. The van der Waals surface area contributed by atoms with Crippen molar-refractivity contribution >= 4 is 34.9 Å². The van der Waals surface area contributed by atoms with Gasteiger partial charge in [-0.2, -0.15) is 0 Å². The average Bonchev–Trinajstić information content (AvgIpc) is 3.12. The fraction of sp³-hybridized carbons (Fsp3) is 0.300. The van der Waals surface area contributed by atoms with Crippen molar-refractivity contribution in [1.82, 2.24) is 10.2 Å². The molecule has 0 radical (unpaired) electrons. The summed E-state index contributed by atoms with van der Waals surface area (Å²) in [5, 5.41) is 7.83. The Balaban J connectivity index is 1.67. The molecule has 1 aliphatic heterocycles. The van der Waals surface area contributed by atoms with Crippen LogP contribution in [0.4, 0.5) is 9.18 Å². The molecule has 0 fully saturated rings. The highest BCUT2D eigenvalue weighted by Gasteiger charge is 2.27. The predicted octanol–water partition coefficient (Wildman–Crippen LogP) is 4.86. The van der Waals surface area contributed by atoms with Gasteiger partial charge in [-0.05, 0) is 36.8 Å². The summed E-state index contributed by atoms with van der Waals surface area (Å²) < 4.78 is 13.5. The molecule has 0 spiro atoms. The lowest BCUT2D eigenvalue weighted by Gasteiger charge is -2.25. The van der Waals surface area contributed by atoms with Crippen LogP contribution in [0.1, 0.15) is 24.5 Å². The number of nitrogens with one attached hydrogen (secondary N) is 1. The number of rotatable bonds is 6. The number of carbonyl (C=O) groups is 1. The second-order valence-corrected chi connectivity index (χ2v) is 7.26. The summed E-state index contributed by atoms with van der Waals surface area (Å²) in [7, 11) is 0.